The van der Waals surface area contributed by atoms with Crippen LogP contribution in [0.3, 0.4) is 0 Å². The molecule has 0 unspecified atom stereocenters. The zero-order chi connectivity index (χ0) is 0. The molecule has 0 amide bonds. The maximum Gasteiger partial charge on any atom is 3.00 e. The van der Waals surface area contributed by atoms with Crippen LogP contribution in [0.2, 0.25) is 0 Å². The molecule has 0 radical (unpaired) electrons. The average Bonchev–Trinajstić information content (AvgIpc) is 0. The normalized spacial score (nSPS) is 0. The first-order valence-electron chi connectivity index (χ1n) is 0. The Morgan fingerprint density at radius 1 is 0.300 bits per heavy atom. The van der Waals surface area contributed by atoms with Crippen LogP contribution in [0.15, 0.2) is 0 Å². The van der Waals surface area contributed by atoms with Gasteiger partial charge in [0.1, 0.15) is 0 Å². The van der Waals surface area contributed by atoms with Crippen LogP contribution in [0.1, 0.15) is 0 Å². The van der Waals surface area contributed by atoms with Crippen molar-refractivity contribution in [3.63, 3.8) is 0 Å². The van der Waals surface area contributed by atoms with Gasteiger partial charge in [-0.15, -0.1) is 0 Å². The fraction of sp³-hybridized carbons (Fsp3) is 0. The van der Waals surface area contributed by atoms with Gasteiger partial charge in [-0.3, -0.25) is 0 Å². The third-order valence-electron chi connectivity index (χ3n) is 0. The Kier molecular flexibility index (Phi) is 5620. The average molecular weight is 542 g/mol. The second-order valence-corrected chi connectivity index (χ2v) is 0. The van der Waals surface area contributed by atoms with Gasteiger partial charge in [-0.2, -0.15) is 0 Å². The second-order valence-electron chi connectivity index (χ2n) is 0. The zero-order valence-electron chi connectivity index (χ0n) is 5.71. The molecule has 0 aromatic carbocycles. The fourth-order valence-corrected chi connectivity index (χ4v) is 0. The molecule has 6 nitrogen and oxygen atoms in total. The molecule has 0 heterocycles. The molecular formula is H18CoI3N6. The summed E-state index contributed by atoms with van der Waals surface area (Å²) in [5.41, 5.74) is 0. The minimum Gasteiger partial charge on any atom is -1.00 e. The molecule has 0 aliphatic rings. The van der Waals surface area contributed by atoms with Crippen molar-refractivity contribution in [2.75, 3.05) is 0 Å². The van der Waals surface area contributed by atoms with Crippen LogP contribution in [0, 0.1) is 0 Å². The van der Waals surface area contributed by atoms with Gasteiger partial charge < -0.3 is 109 Å². The van der Waals surface area contributed by atoms with Gasteiger partial charge in [0.25, 0.3) is 0 Å². The zero-order valence-corrected chi connectivity index (χ0v) is 13.2. The molecule has 0 spiro atoms. The van der Waals surface area contributed by atoms with Gasteiger partial charge in [0.2, 0.25) is 0 Å². The largest absolute Gasteiger partial charge is 3.00 e. The van der Waals surface area contributed by atoms with E-state index in [4.69, 9.17) is 0 Å². The van der Waals surface area contributed by atoms with E-state index < -0.39 is 0 Å². The summed E-state index contributed by atoms with van der Waals surface area (Å²) in [7, 11) is 0. The van der Waals surface area contributed by atoms with E-state index in [-0.39, 0.29) is 126 Å². The maximum absolute atomic E-state index is 0. The maximum atomic E-state index is 0. The molecule has 78 valence electrons. The van der Waals surface area contributed by atoms with E-state index >= 15 is 0 Å². The minimum atomic E-state index is 0. The third-order valence-corrected chi connectivity index (χ3v) is 0. The Morgan fingerprint density at radius 2 is 0.300 bits per heavy atom. The topological polar surface area (TPSA) is 210 Å². The molecule has 0 fully saturated rings. The van der Waals surface area contributed by atoms with E-state index in [1.807, 2.05) is 0 Å². The summed E-state index contributed by atoms with van der Waals surface area (Å²) >= 11 is 0. The summed E-state index contributed by atoms with van der Waals surface area (Å²) in [5, 5.41) is 0. The van der Waals surface area contributed by atoms with Crippen molar-refractivity contribution in [3.05, 3.63) is 0 Å². The Hall–Kier alpha value is 2.46. The number of hydrogen-bond donors (Lipinski definition) is 6. The molecule has 0 bridgehead atoms. The molecule has 0 aliphatic carbocycles. The number of hydrogen-bond acceptors (Lipinski definition) is 6. The summed E-state index contributed by atoms with van der Waals surface area (Å²) in [5.74, 6) is 0. The van der Waals surface area contributed by atoms with Crippen molar-refractivity contribution in [2.45, 2.75) is 0 Å². The van der Waals surface area contributed by atoms with Crippen LogP contribution in [0.4, 0.5) is 0 Å². The number of rotatable bonds is 0. The molecule has 0 saturated carbocycles. The Balaban J connectivity index is 0. The molecule has 0 aromatic heterocycles. The smallest absolute Gasteiger partial charge is 1.00 e. The Labute approximate surface area is 124 Å². The summed E-state index contributed by atoms with van der Waals surface area (Å²) in [6, 6.07) is 0. The van der Waals surface area contributed by atoms with E-state index in [0.717, 1.165) is 0 Å². The monoisotopic (exact) mass is 542 g/mol. The van der Waals surface area contributed by atoms with Gasteiger partial charge in [-0.25, -0.2) is 0 Å². The van der Waals surface area contributed by atoms with Gasteiger partial charge >= 0.3 is 16.8 Å². The van der Waals surface area contributed by atoms with Gasteiger partial charge in [0.05, 0.1) is 0 Å². The molecule has 0 atom stereocenters. The molecule has 0 aromatic rings. The van der Waals surface area contributed by atoms with Crippen LogP contribution in [-0.4, -0.2) is 0 Å². The quantitative estimate of drug-likeness (QED) is 0.164. The van der Waals surface area contributed by atoms with E-state index in [9.17, 15) is 0 Å². The summed E-state index contributed by atoms with van der Waals surface area (Å²) < 4.78 is 0. The minimum absolute atomic E-state index is 0. The van der Waals surface area contributed by atoms with E-state index in [0.29, 0.717) is 0 Å². The van der Waals surface area contributed by atoms with Crippen LogP contribution in [0.25, 0.3) is 0 Å². The van der Waals surface area contributed by atoms with Gasteiger partial charge in [0, 0.05) is 0 Å². The van der Waals surface area contributed by atoms with Crippen molar-refractivity contribution >= 4 is 0 Å². The van der Waals surface area contributed by atoms with Crippen molar-refractivity contribution in [1.82, 2.24) is 36.9 Å². The molecular weight excluding hydrogens is 524 g/mol. The van der Waals surface area contributed by atoms with Crippen LogP contribution in [0.5, 0.6) is 0 Å². The summed E-state index contributed by atoms with van der Waals surface area (Å²) in [6.07, 6.45) is 0. The molecule has 18 N–H and O–H groups in total. The van der Waals surface area contributed by atoms with Crippen LogP contribution < -0.4 is 109 Å². The molecule has 10 heteroatoms. The van der Waals surface area contributed by atoms with Crippen molar-refractivity contribution < 1.29 is 88.7 Å². The van der Waals surface area contributed by atoms with Gasteiger partial charge in [-0.1, -0.05) is 0 Å². The van der Waals surface area contributed by atoms with Crippen molar-refractivity contribution in [3.8, 4) is 0 Å². The summed E-state index contributed by atoms with van der Waals surface area (Å²) in [4.78, 5) is 0. The molecule has 0 aliphatic heterocycles. The molecule has 10 heavy (non-hydrogen) atoms. The van der Waals surface area contributed by atoms with Crippen LogP contribution in [-0.2, 0) is 16.8 Å². The van der Waals surface area contributed by atoms with Crippen molar-refractivity contribution in [1.29, 1.82) is 0 Å². The third kappa shape index (κ3) is 155. The SMILES string of the molecule is N.N.N.N.N.N.[Co+3].[I-].[I-].[I-]. The predicted octanol–water partition coefficient (Wildman–Crippen LogP) is -8.02. The Morgan fingerprint density at radius 3 is 0.300 bits per heavy atom. The second kappa shape index (κ2) is 208. The van der Waals surface area contributed by atoms with Crippen molar-refractivity contribution in [2.24, 2.45) is 0 Å². The molecule has 0 rings (SSSR count). The predicted molar refractivity (Wildman–Crippen MR) is 30.1 cm³/mol. The summed E-state index contributed by atoms with van der Waals surface area (Å²) in [6.45, 7) is 0. The standard InChI is InChI=1S/Co.3HI.6H3N/h;3*1H;6*1H3/q+3;;;;;;;;;/p-3. The van der Waals surface area contributed by atoms with E-state index in [1.165, 1.54) is 0 Å². The molecule has 0 saturated heterocycles. The number of halogens is 3. The van der Waals surface area contributed by atoms with E-state index in [1.54, 1.807) is 0 Å². The van der Waals surface area contributed by atoms with Crippen LogP contribution >= 0.6 is 0 Å². The fourth-order valence-electron chi connectivity index (χ4n) is 0. The van der Waals surface area contributed by atoms with E-state index in [2.05, 4.69) is 0 Å². The van der Waals surface area contributed by atoms with Gasteiger partial charge in [0.15, 0.2) is 0 Å². The Bertz CT molecular complexity index is 13.0. The first-order valence-corrected chi connectivity index (χ1v) is 0. The van der Waals surface area contributed by atoms with Gasteiger partial charge in [-0.05, 0) is 0 Å². The first kappa shape index (κ1) is 271. The first-order chi connectivity index (χ1) is 0.